The summed E-state index contributed by atoms with van der Waals surface area (Å²) in [4.78, 5) is 26.7. The van der Waals surface area contributed by atoms with Crippen LogP contribution < -0.4 is 5.32 Å². The second-order valence-corrected chi connectivity index (χ2v) is 9.28. The number of anilines is 1. The van der Waals surface area contributed by atoms with Crippen LogP contribution in [0.15, 0.2) is 54.6 Å². The molecule has 6 nitrogen and oxygen atoms in total. The molecule has 0 aliphatic heterocycles. The Morgan fingerprint density at radius 1 is 1.03 bits per heavy atom. The Morgan fingerprint density at radius 2 is 1.72 bits per heavy atom. The Kier molecular flexibility index (Phi) is 6.82. The van der Waals surface area contributed by atoms with Crippen LogP contribution in [0.5, 0.6) is 0 Å². The molecule has 3 aromatic rings. The summed E-state index contributed by atoms with van der Waals surface area (Å²) < 4.78 is 1.78. The van der Waals surface area contributed by atoms with Crippen molar-refractivity contribution in [2.75, 3.05) is 11.9 Å². The Labute approximate surface area is 190 Å². The quantitative estimate of drug-likeness (QED) is 0.610. The molecule has 1 N–H and O–H groups in total. The standard InChI is InChI=1S/C26H32N4O2/c1-18-12-13-22(19(2)14-18)30-24(15-23(28-30)26(4,5)6)27-25(32)17-29(20(3)31)16-21-10-8-7-9-11-21/h7-15H,16-17H2,1-6H3,(H,27,32). The smallest absolute Gasteiger partial charge is 0.245 e. The number of aryl methyl sites for hydroxylation is 2. The normalized spacial score (nSPS) is 11.3. The molecule has 3 rings (SSSR count). The van der Waals surface area contributed by atoms with E-state index in [2.05, 4.69) is 32.2 Å². The molecular formula is C26H32N4O2. The highest BCUT2D eigenvalue weighted by Crippen LogP contribution is 2.27. The van der Waals surface area contributed by atoms with E-state index in [1.165, 1.54) is 11.8 Å². The number of carbonyl (C=O) groups is 2. The van der Waals surface area contributed by atoms with Crippen molar-refractivity contribution < 1.29 is 9.59 Å². The van der Waals surface area contributed by atoms with Gasteiger partial charge in [-0.25, -0.2) is 4.68 Å². The molecule has 0 aliphatic rings. The second kappa shape index (κ2) is 9.39. The van der Waals surface area contributed by atoms with Gasteiger partial charge in [0.05, 0.1) is 11.4 Å². The molecule has 168 valence electrons. The maximum atomic E-state index is 13.0. The van der Waals surface area contributed by atoms with E-state index in [-0.39, 0.29) is 23.8 Å². The first-order chi connectivity index (χ1) is 15.0. The predicted octanol–water partition coefficient (Wildman–Crippen LogP) is 4.77. The average molecular weight is 433 g/mol. The highest BCUT2D eigenvalue weighted by Gasteiger charge is 2.23. The molecule has 0 atom stereocenters. The molecule has 0 saturated heterocycles. The van der Waals surface area contributed by atoms with Gasteiger partial charge in [0.2, 0.25) is 11.8 Å². The highest BCUT2D eigenvalue weighted by molar-refractivity contribution is 5.94. The van der Waals surface area contributed by atoms with Crippen LogP contribution in [0.25, 0.3) is 5.69 Å². The highest BCUT2D eigenvalue weighted by atomic mass is 16.2. The van der Waals surface area contributed by atoms with E-state index in [1.54, 1.807) is 4.68 Å². The number of benzene rings is 2. The van der Waals surface area contributed by atoms with Crippen LogP contribution in [-0.2, 0) is 21.5 Å². The second-order valence-electron chi connectivity index (χ2n) is 9.28. The van der Waals surface area contributed by atoms with Gasteiger partial charge in [-0.1, -0.05) is 68.8 Å². The summed E-state index contributed by atoms with van der Waals surface area (Å²) in [6.07, 6.45) is 0. The van der Waals surface area contributed by atoms with Crippen molar-refractivity contribution in [3.8, 4) is 5.69 Å². The molecule has 0 spiro atoms. The van der Waals surface area contributed by atoms with Gasteiger partial charge in [0, 0.05) is 24.9 Å². The van der Waals surface area contributed by atoms with Crippen LogP contribution >= 0.6 is 0 Å². The van der Waals surface area contributed by atoms with Crippen LogP contribution in [0.3, 0.4) is 0 Å². The minimum atomic E-state index is -0.262. The molecule has 0 bridgehead atoms. The number of aromatic nitrogens is 2. The zero-order valence-electron chi connectivity index (χ0n) is 19.8. The van der Waals surface area contributed by atoms with E-state index < -0.39 is 0 Å². The Hall–Kier alpha value is -3.41. The van der Waals surface area contributed by atoms with Crippen molar-refractivity contribution >= 4 is 17.6 Å². The summed E-state index contributed by atoms with van der Waals surface area (Å²) >= 11 is 0. The summed E-state index contributed by atoms with van der Waals surface area (Å²) in [5.41, 5.74) is 4.82. The first kappa shape index (κ1) is 23.3. The molecule has 1 heterocycles. The van der Waals surface area contributed by atoms with E-state index in [1.807, 2.05) is 62.4 Å². The molecule has 0 aliphatic carbocycles. The lowest BCUT2D eigenvalue weighted by Gasteiger charge is -2.21. The molecule has 0 saturated carbocycles. The molecular weight excluding hydrogens is 400 g/mol. The van der Waals surface area contributed by atoms with Crippen LogP contribution in [0, 0.1) is 13.8 Å². The number of nitrogens with zero attached hydrogens (tertiary/aromatic N) is 3. The molecule has 1 aromatic heterocycles. The van der Waals surface area contributed by atoms with Gasteiger partial charge in [0.15, 0.2) is 0 Å². The van der Waals surface area contributed by atoms with E-state index in [4.69, 9.17) is 5.10 Å². The molecule has 0 radical (unpaired) electrons. The Bertz CT molecular complexity index is 1110. The molecule has 6 heteroatoms. The number of rotatable bonds is 6. The summed E-state index contributed by atoms with van der Waals surface area (Å²) in [6, 6.07) is 17.7. The average Bonchev–Trinajstić information content (AvgIpc) is 3.12. The maximum Gasteiger partial charge on any atom is 0.245 e. The number of amides is 2. The third-order valence-electron chi connectivity index (χ3n) is 5.32. The largest absolute Gasteiger partial charge is 0.329 e. The third kappa shape index (κ3) is 5.63. The lowest BCUT2D eigenvalue weighted by atomic mass is 9.92. The lowest BCUT2D eigenvalue weighted by Crippen LogP contribution is -2.36. The summed E-state index contributed by atoms with van der Waals surface area (Å²) in [7, 11) is 0. The van der Waals surface area contributed by atoms with Crippen molar-refractivity contribution in [2.45, 2.75) is 53.5 Å². The minimum absolute atomic E-state index is 0.0346. The first-order valence-electron chi connectivity index (χ1n) is 10.8. The first-order valence-corrected chi connectivity index (χ1v) is 10.8. The van der Waals surface area contributed by atoms with E-state index in [9.17, 15) is 9.59 Å². The van der Waals surface area contributed by atoms with Crippen molar-refractivity contribution in [3.05, 3.63) is 77.0 Å². The summed E-state index contributed by atoms with van der Waals surface area (Å²) in [5, 5.41) is 7.78. The predicted molar refractivity (Wildman–Crippen MR) is 128 cm³/mol. The fraction of sp³-hybridized carbons (Fsp3) is 0.346. The fourth-order valence-electron chi connectivity index (χ4n) is 3.50. The number of carbonyl (C=O) groups excluding carboxylic acids is 2. The number of hydrogen-bond acceptors (Lipinski definition) is 3. The number of hydrogen-bond donors (Lipinski definition) is 1. The number of nitrogens with one attached hydrogen (secondary N) is 1. The monoisotopic (exact) mass is 432 g/mol. The zero-order valence-corrected chi connectivity index (χ0v) is 19.8. The van der Waals surface area contributed by atoms with Crippen LogP contribution in [-0.4, -0.2) is 33.0 Å². The molecule has 0 unspecified atom stereocenters. The van der Waals surface area contributed by atoms with Gasteiger partial charge in [0.25, 0.3) is 0 Å². The van der Waals surface area contributed by atoms with Crippen LogP contribution in [0.4, 0.5) is 5.82 Å². The van der Waals surface area contributed by atoms with Gasteiger partial charge >= 0.3 is 0 Å². The SMILES string of the molecule is CC(=O)N(CC(=O)Nc1cc(C(C)(C)C)nn1-c1ccc(C)cc1C)Cc1ccccc1. The fourth-order valence-corrected chi connectivity index (χ4v) is 3.50. The van der Waals surface area contributed by atoms with E-state index >= 15 is 0 Å². The van der Waals surface area contributed by atoms with Gasteiger partial charge in [-0.05, 0) is 31.0 Å². The molecule has 0 fully saturated rings. The van der Waals surface area contributed by atoms with Gasteiger partial charge in [-0.3, -0.25) is 9.59 Å². The van der Waals surface area contributed by atoms with Crippen molar-refractivity contribution in [1.29, 1.82) is 0 Å². The van der Waals surface area contributed by atoms with Crippen molar-refractivity contribution in [2.24, 2.45) is 0 Å². The molecule has 32 heavy (non-hydrogen) atoms. The summed E-state index contributed by atoms with van der Waals surface area (Å²) in [5.74, 6) is 0.180. The van der Waals surface area contributed by atoms with E-state index in [0.29, 0.717) is 12.4 Å². The van der Waals surface area contributed by atoms with Gasteiger partial charge in [-0.15, -0.1) is 0 Å². The lowest BCUT2D eigenvalue weighted by molar-refractivity contribution is -0.133. The van der Waals surface area contributed by atoms with Gasteiger partial charge < -0.3 is 10.2 Å². The molecule has 2 amide bonds. The zero-order chi connectivity index (χ0) is 23.5. The Balaban J connectivity index is 1.87. The summed E-state index contributed by atoms with van der Waals surface area (Å²) in [6.45, 7) is 12.2. The minimum Gasteiger partial charge on any atom is -0.329 e. The van der Waals surface area contributed by atoms with Crippen LogP contribution in [0.2, 0.25) is 0 Å². The molecule has 2 aromatic carbocycles. The van der Waals surface area contributed by atoms with Gasteiger partial charge in [0.1, 0.15) is 12.4 Å². The third-order valence-corrected chi connectivity index (χ3v) is 5.32. The van der Waals surface area contributed by atoms with Crippen molar-refractivity contribution in [1.82, 2.24) is 14.7 Å². The van der Waals surface area contributed by atoms with Crippen LogP contribution in [0.1, 0.15) is 50.1 Å². The Morgan fingerprint density at radius 3 is 2.31 bits per heavy atom. The maximum absolute atomic E-state index is 13.0. The van der Waals surface area contributed by atoms with Gasteiger partial charge in [-0.2, -0.15) is 5.10 Å². The topological polar surface area (TPSA) is 67.2 Å². The van der Waals surface area contributed by atoms with Crippen molar-refractivity contribution in [3.63, 3.8) is 0 Å². The van der Waals surface area contributed by atoms with E-state index in [0.717, 1.165) is 28.1 Å².